The van der Waals surface area contributed by atoms with E-state index < -0.39 is 23.5 Å². The van der Waals surface area contributed by atoms with E-state index in [9.17, 15) is 18.0 Å². The average Bonchev–Trinajstić information content (AvgIpc) is 3.08. The molecule has 0 aliphatic carbocycles. The van der Waals surface area contributed by atoms with Crippen LogP contribution in [0.3, 0.4) is 0 Å². The smallest absolute Gasteiger partial charge is 0.322 e. The molecule has 7 nitrogen and oxygen atoms in total. The van der Waals surface area contributed by atoms with Crippen LogP contribution in [0.25, 0.3) is 11.6 Å². The van der Waals surface area contributed by atoms with Crippen molar-refractivity contribution in [3.05, 3.63) is 59.3 Å². The van der Waals surface area contributed by atoms with Crippen LogP contribution in [0.5, 0.6) is 0 Å². The molecule has 4 rings (SSSR count). The molecule has 0 saturated heterocycles. The largest absolute Gasteiger partial charge is 0.352 e. The maximum Gasteiger partial charge on any atom is 0.322 e. The van der Waals surface area contributed by atoms with Crippen molar-refractivity contribution in [3.63, 3.8) is 0 Å². The van der Waals surface area contributed by atoms with E-state index in [1.54, 1.807) is 18.5 Å². The van der Waals surface area contributed by atoms with Crippen LogP contribution in [-0.2, 0) is 13.0 Å². The third kappa shape index (κ3) is 3.17. The lowest BCUT2D eigenvalue weighted by atomic mass is 10.00. The van der Waals surface area contributed by atoms with Crippen molar-refractivity contribution in [2.75, 3.05) is 5.32 Å². The van der Waals surface area contributed by atoms with Crippen molar-refractivity contribution in [2.24, 2.45) is 0 Å². The highest BCUT2D eigenvalue weighted by atomic mass is 19.2. The fourth-order valence-electron chi connectivity index (χ4n) is 3.07. The second kappa shape index (κ2) is 6.95. The normalized spacial score (nSPS) is 16.0. The zero-order chi connectivity index (χ0) is 19.8. The van der Waals surface area contributed by atoms with Crippen LogP contribution in [0, 0.1) is 17.5 Å². The summed E-state index contributed by atoms with van der Waals surface area (Å²) in [6.07, 6.45) is 3.54. The molecule has 2 amide bonds. The van der Waals surface area contributed by atoms with Gasteiger partial charge in [0.1, 0.15) is 0 Å². The lowest BCUT2D eigenvalue weighted by molar-refractivity contribution is 0.182. The molecule has 28 heavy (non-hydrogen) atoms. The molecule has 1 aliphatic heterocycles. The van der Waals surface area contributed by atoms with Gasteiger partial charge >= 0.3 is 6.03 Å². The summed E-state index contributed by atoms with van der Waals surface area (Å²) in [7, 11) is 0. The predicted molar refractivity (Wildman–Crippen MR) is 91.6 cm³/mol. The zero-order valence-corrected chi connectivity index (χ0v) is 14.6. The summed E-state index contributed by atoms with van der Waals surface area (Å²) in [5, 5.41) is 6.43. The Bertz CT molecular complexity index is 1020. The van der Waals surface area contributed by atoms with Gasteiger partial charge in [-0.15, -0.1) is 0 Å². The van der Waals surface area contributed by atoms with Gasteiger partial charge in [0.25, 0.3) is 0 Å². The van der Waals surface area contributed by atoms with Crippen molar-refractivity contribution >= 4 is 11.7 Å². The number of aromatic nitrogens is 3. The summed E-state index contributed by atoms with van der Waals surface area (Å²) in [4.78, 5) is 22.4. The van der Waals surface area contributed by atoms with Gasteiger partial charge in [-0.05, 0) is 13.0 Å². The third-order valence-electron chi connectivity index (χ3n) is 4.48. The molecule has 10 heteroatoms. The minimum Gasteiger partial charge on any atom is -0.352 e. The number of anilines is 1. The Morgan fingerprint density at radius 2 is 1.89 bits per heavy atom. The van der Waals surface area contributed by atoms with Crippen molar-refractivity contribution in [3.8, 4) is 11.6 Å². The number of carbonyl (C=O) groups excluding carboxylic acids is 1. The summed E-state index contributed by atoms with van der Waals surface area (Å²) < 4.78 is 45.2. The first-order valence-corrected chi connectivity index (χ1v) is 8.41. The second-order valence-corrected chi connectivity index (χ2v) is 6.37. The van der Waals surface area contributed by atoms with Crippen LogP contribution >= 0.6 is 0 Å². The number of urea groups is 1. The fourth-order valence-corrected chi connectivity index (χ4v) is 3.07. The van der Waals surface area contributed by atoms with E-state index in [4.69, 9.17) is 4.52 Å². The Morgan fingerprint density at radius 1 is 1.21 bits per heavy atom. The van der Waals surface area contributed by atoms with Gasteiger partial charge in [-0.1, -0.05) is 5.16 Å². The fraction of sp³-hybridized carbons (Fsp3) is 0.222. The van der Waals surface area contributed by atoms with E-state index >= 15 is 0 Å². The van der Waals surface area contributed by atoms with E-state index in [-0.39, 0.29) is 18.3 Å². The molecule has 0 spiro atoms. The van der Waals surface area contributed by atoms with Gasteiger partial charge in [-0.25, -0.2) is 27.9 Å². The standard InChI is InChI=1S/C18H14F3N5O2/c1-9-5-14-11(16(28-25-14)17-22-3-2-4-23-17)8-26(9)18(27)24-10-6-12(19)15(21)13(20)7-10/h2-4,6-7,9H,5,8H2,1H3,(H,24,27). The molecule has 0 fully saturated rings. The van der Waals surface area contributed by atoms with E-state index in [1.165, 1.54) is 4.90 Å². The molecule has 2 aromatic heterocycles. The van der Waals surface area contributed by atoms with Gasteiger partial charge in [0, 0.05) is 48.2 Å². The molecule has 144 valence electrons. The van der Waals surface area contributed by atoms with Crippen LogP contribution in [-0.4, -0.2) is 32.1 Å². The lowest BCUT2D eigenvalue weighted by Gasteiger charge is -2.32. The quantitative estimate of drug-likeness (QED) is 0.678. The molecule has 3 aromatic rings. The van der Waals surface area contributed by atoms with Crippen LogP contribution in [0.2, 0.25) is 0 Å². The van der Waals surface area contributed by atoms with E-state index in [0.717, 1.165) is 12.1 Å². The molecule has 1 atom stereocenters. The summed E-state index contributed by atoms with van der Waals surface area (Å²) in [6.45, 7) is 1.95. The molecular formula is C18H14F3N5O2. The zero-order valence-electron chi connectivity index (χ0n) is 14.6. The number of halogens is 3. The number of nitrogens with one attached hydrogen (secondary N) is 1. The molecule has 1 unspecified atom stereocenters. The van der Waals surface area contributed by atoms with Crippen molar-refractivity contribution < 1.29 is 22.5 Å². The van der Waals surface area contributed by atoms with Gasteiger partial charge in [0.15, 0.2) is 23.3 Å². The Kier molecular flexibility index (Phi) is 4.46. The van der Waals surface area contributed by atoms with Crippen LogP contribution < -0.4 is 5.32 Å². The molecule has 3 heterocycles. The van der Waals surface area contributed by atoms with E-state index in [0.29, 0.717) is 29.3 Å². The number of benzene rings is 1. The highest BCUT2D eigenvalue weighted by Gasteiger charge is 2.33. The monoisotopic (exact) mass is 389 g/mol. The Morgan fingerprint density at radius 3 is 2.57 bits per heavy atom. The maximum absolute atomic E-state index is 13.4. The Hall–Kier alpha value is -3.43. The molecular weight excluding hydrogens is 375 g/mol. The molecule has 0 bridgehead atoms. The Balaban J connectivity index is 1.59. The number of fused-ring (bicyclic) bond motifs is 1. The molecule has 0 saturated carbocycles. The van der Waals surface area contributed by atoms with Crippen LogP contribution in [0.4, 0.5) is 23.7 Å². The molecule has 1 aliphatic rings. The number of rotatable bonds is 2. The van der Waals surface area contributed by atoms with Gasteiger partial charge in [-0.2, -0.15) is 0 Å². The van der Waals surface area contributed by atoms with Gasteiger partial charge in [0.2, 0.25) is 5.76 Å². The summed E-state index contributed by atoms with van der Waals surface area (Å²) >= 11 is 0. The highest BCUT2D eigenvalue weighted by molar-refractivity contribution is 5.89. The summed E-state index contributed by atoms with van der Waals surface area (Å²) in [6, 6.07) is 2.26. The summed E-state index contributed by atoms with van der Waals surface area (Å²) in [5.41, 5.74) is 1.17. The minimum atomic E-state index is -1.59. The summed E-state index contributed by atoms with van der Waals surface area (Å²) in [5.74, 6) is -3.65. The van der Waals surface area contributed by atoms with Crippen LogP contribution in [0.15, 0.2) is 35.1 Å². The SMILES string of the molecule is CC1Cc2noc(-c3ncccn3)c2CN1C(=O)Nc1cc(F)c(F)c(F)c1. The van der Waals surface area contributed by atoms with Gasteiger partial charge in [0.05, 0.1) is 12.2 Å². The Labute approximate surface area is 157 Å². The topological polar surface area (TPSA) is 84.2 Å². The maximum atomic E-state index is 13.4. The van der Waals surface area contributed by atoms with Crippen molar-refractivity contribution in [2.45, 2.75) is 25.9 Å². The molecule has 0 radical (unpaired) electrons. The lowest BCUT2D eigenvalue weighted by Crippen LogP contribution is -2.44. The first-order chi connectivity index (χ1) is 13.4. The number of hydrogen-bond acceptors (Lipinski definition) is 5. The number of nitrogens with zero attached hydrogens (tertiary/aromatic N) is 4. The van der Waals surface area contributed by atoms with Crippen LogP contribution in [0.1, 0.15) is 18.2 Å². The van der Waals surface area contributed by atoms with Gasteiger partial charge < -0.3 is 14.7 Å². The number of hydrogen-bond donors (Lipinski definition) is 1. The number of carbonyl (C=O) groups is 1. The van der Waals surface area contributed by atoms with Gasteiger partial charge in [-0.3, -0.25) is 0 Å². The molecule has 1 aromatic carbocycles. The van der Waals surface area contributed by atoms with Crippen molar-refractivity contribution in [1.29, 1.82) is 0 Å². The first kappa shape index (κ1) is 18.0. The van der Waals surface area contributed by atoms with E-state index in [1.807, 2.05) is 6.92 Å². The second-order valence-electron chi connectivity index (χ2n) is 6.37. The van der Waals surface area contributed by atoms with E-state index in [2.05, 4.69) is 20.4 Å². The highest BCUT2D eigenvalue weighted by Crippen LogP contribution is 2.31. The molecule has 1 N–H and O–H groups in total. The first-order valence-electron chi connectivity index (χ1n) is 8.41. The number of amides is 2. The third-order valence-corrected chi connectivity index (χ3v) is 4.48. The average molecular weight is 389 g/mol. The minimum absolute atomic E-state index is 0.144. The predicted octanol–water partition coefficient (Wildman–Crippen LogP) is 3.53. The van der Waals surface area contributed by atoms with Crippen molar-refractivity contribution in [1.82, 2.24) is 20.0 Å².